The fourth-order valence-corrected chi connectivity index (χ4v) is 2.60. The van der Waals surface area contributed by atoms with Crippen LogP contribution in [0.1, 0.15) is 34.6 Å². The summed E-state index contributed by atoms with van der Waals surface area (Å²) in [6.45, 7) is 2.65. The molecule has 30 heavy (non-hydrogen) atoms. The smallest absolute Gasteiger partial charge is 0.454 e. The molecule has 2 rings (SSSR count). The Morgan fingerprint density at radius 3 is 2.17 bits per heavy atom. The van der Waals surface area contributed by atoms with E-state index in [9.17, 15) is 40.7 Å². The highest BCUT2D eigenvalue weighted by atomic mass is 19.4. The number of carbonyl (C=O) groups is 3. The minimum Gasteiger partial charge on any atom is -0.464 e. The van der Waals surface area contributed by atoms with Gasteiger partial charge in [0.05, 0.1) is 23.4 Å². The Morgan fingerprint density at radius 2 is 1.63 bits per heavy atom. The van der Waals surface area contributed by atoms with Gasteiger partial charge in [0.15, 0.2) is 0 Å². The summed E-state index contributed by atoms with van der Waals surface area (Å²) >= 11 is 0. The molecule has 12 heteroatoms. The van der Waals surface area contributed by atoms with Crippen molar-refractivity contribution in [2.24, 2.45) is 0 Å². The van der Waals surface area contributed by atoms with Crippen molar-refractivity contribution in [1.29, 1.82) is 0 Å². The number of esters is 1. The molecule has 162 valence electrons. The molecule has 0 saturated heterocycles. The van der Waals surface area contributed by atoms with Crippen LogP contribution in [0, 0.1) is 0 Å². The highest BCUT2D eigenvalue weighted by Gasteiger charge is 2.44. The summed E-state index contributed by atoms with van der Waals surface area (Å²) in [4.78, 5) is 39.3. The van der Waals surface area contributed by atoms with E-state index in [2.05, 4.69) is 10.3 Å². The lowest BCUT2D eigenvalue weighted by Gasteiger charge is -2.20. The molecule has 0 aliphatic rings. The van der Waals surface area contributed by atoms with Crippen molar-refractivity contribution in [3.05, 3.63) is 35.5 Å². The van der Waals surface area contributed by atoms with Gasteiger partial charge in [-0.05, 0) is 26.0 Å². The van der Waals surface area contributed by atoms with Gasteiger partial charge < -0.3 is 10.1 Å². The zero-order chi connectivity index (χ0) is 22.9. The molecule has 1 atom stereocenters. The Hall–Kier alpha value is -3.18. The van der Waals surface area contributed by atoms with Crippen LogP contribution in [0.15, 0.2) is 24.4 Å². The number of Topliss-reactive ketones (excluding diaryl/α,β-unsaturated/α-hetero) is 2. The van der Waals surface area contributed by atoms with E-state index in [0.29, 0.717) is 0 Å². The molecule has 0 spiro atoms. The van der Waals surface area contributed by atoms with Crippen molar-refractivity contribution in [1.82, 2.24) is 4.98 Å². The first-order valence-corrected chi connectivity index (χ1v) is 8.37. The highest BCUT2D eigenvalue weighted by molar-refractivity contribution is 6.18. The van der Waals surface area contributed by atoms with E-state index in [0.717, 1.165) is 12.3 Å². The molecule has 0 amide bonds. The summed E-state index contributed by atoms with van der Waals surface area (Å²) in [6.07, 6.45) is -9.83. The quantitative estimate of drug-likeness (QED) is 0.417. The summed E-state index contributed by atoms with van der Waals surface area (Å²) in [6, 6.07) is 1.12. The van der Waals surface area contributed by atoms with Gasteiger partial charge in [0, 0.05) is 17.1 Å². The Bertz CT molecular complexity index is 1000. The largest absolute Gasteiger partial charge is 0.464 e. The van der Waals surface area contributed by atoms with Crippen LogP contribution in [0.4, 0.5) is 32.0 Å². The molecule has 1 aromatic heterocycles. The molecule has 1 heterocycles. The molecule has 0 saturated carbocycles. The lowest BCUT2D eigenvalue weighted by atomic mass is 9.96. The summed E-state index contributed by atoms with van der Waals surface area (Å²) < 4.78 is 83.0. The van der Waals surface area contributed by atoms with Crippen LogP contribution in [0.3, 0.4) is 0 Å². The molecule has 6 nitrogen and oxygen atoms in total. The van der Waals surface area contributed by atoms with Gasteiger partial charge in [0.2, 0.25) is 0 Å². The third-order valence-electron chi connectivity index (χ3n) is 3.90. The van der Waals surface area contributed by atoms with Gasteiger partial charge in [-0.1, -0.05) is 6.07 Å². The van der Waals surface area contributed by atoms with Crippen LogP contribution in [-0.4, -0.2) is 47.5 Å². The highest BCUT2D eigenvalue weighted by Crippen LogP contribution is 2.36. The molecule has 0 radical (unpaired) electrons. The van der Waals surface area contributed by atoms with Crippen LogP contribution >= 0.6 is 0 Å². The van der Waals surface area contributed by atoms with Crippen molar-refractivity contribution in [2.45, 2.75) is 32.2 Å². The topological polar surface area (TPSA) is 85.4 Å². The number of ketones is 2. The van der Waals surface area contributed by atoms with Crippen LogP contribution < -0.4 is 5.32 Å². The number of benzene rings is 1. The minimum atomic E-state index is -5.47. The molecule has 1 aromatic carbocycles. The molecule has 1 N–H and O–H groups in total. The molecular formula is C18H14F6N2O4. The van der Waals surface area contributed by atoms with Gasteiger partial charge >= 0.3 is 18.3 Å². The molecule has 0 aliphatic carbocycles. The predicted molar refractivity (Wildman–Crippen MR) is 92.2 cm³/mol. The predicted octanol–water partition coefficient (Wildman–Crippen LogP) is 4.09. The first-order chi connectivity index (χ1) is 13.8. The van der Waals surface area contributed by atoms with Gasteiger partial charge in [-0.3, -0.25) is 14.6 Å². The van der Waals surface area contributed by atoms with E-state index in [4.69, 9.17) is 4.74 Å². The number of ether oxygens (including phenoxy) is 1. The second kappa shape index (κ2) is 8.28. The average molecular weight is 436 g/mol. The normalized spacial score (nSPS) is 13.1. The maximum Gasteiger partial charge on any atom is 0.454 e. The van der Waals surface area contributed by atoms with Crippen LogP contribution in [0.5, 0.6) is 0 Å². The van der Waals surface area contributed by atoms with Gasteiger partial charge in [0.1, 0.15) is 6.04 Å². The lowest BCUT2D eigenvalue weighted by Crippen LogP contribution is -2.31. The van der Waals surface area contributed by atoms with Gasteiger partial charge in [-0.15, -0.1) is 0 Å². The Labute approximate surface area is 165 Å². The molecule has 0 bridgehead atoms. The first kappa shape index (κ1) is 23.1. The third kappa shape index (κ3) is 4.69. The standard InChI is InChI=1S/C18H14F6N2O4/c1-3-30-16(29)8(2)26-13-11(15(28)18(22,23)24)7-10(14(27)17(19,20)21)9-5-4-6-25-12(9)13/h4-8,26H,3H2,1-2H3. The number of alkyl halides is 6. The second-order valence-corrected chi connectivity index (χ2v) is 6.02. The van der Waals surface area contributed by atoms with Crippen molar-refractivity contribution >= 4 is 34.1 Å². The number of hydrogen-bond acceptors (Lipinski definition) is 6. The summed E-state index contributed by atoms with van der Waals surface area (Å²) in [5, 5.41) is 1.90. The maximum absolute atomic E-state index is 13.1. The number of fused-ring (bicyclic) bond motifs is 1. The maximum atomic E-state index is 13.1. The summed E-state index contributed by atoms with van der Waals surface area (Å²) in [7, 11) is 0. The summed E-state index contributed by atoms with van der Waals surface area (Å²) in [5.74, 6) is -5.84. The van der Waals surface area contributed by atoms with E-state index in [1.807, 2.05) is 0 Å². The minimum absolute atomic E-state index is 0.0444. The van der Waals surface area contributed by atoms with E-state index in [1.54, 1.807) is 0 Å². The van der Waals surface area contributed by atoms with Gasteiger partial charge in [-0.2, -0.15) is 26.3 Å². The SMILES string of the molecule is CCOC(=O)C(C)Nc1c(C(=O)C(F)(F)F)cc(C(=O)C(F)(F)F)c2cccnc12. The number of carbonyl (C=O) groups excluding carboxylic acids is 3. The van der Waals surface area contributed by atoms with E-state index in [1.165, 1.54) is 19.9 Å². The van der Waals surface area contributed by atoms with E-state index >= 15 is 0 Å². The number of anilines is 1. The van der Waals surface area contributed by atoms with Gasteiger partial charge in [0.25, 0.3) is 11.6 Å². The number of rotatable bonds is 6. The fraction of sp³-hybridized carbons (Fsp3) is 0.333. The monoisotopic (exact) mass is 436 g/mol. The number of hydrogen-bond donors (Lipinski definition) is 1. The number of aromatic nitrogens is 1. The molecule has 1 unspecified atom stereocenters. The van der Waals surface area contributed by atoms with E-state index < -0.39 is 63.6 Å². The number of nitrogens with zero attached hydrogens (tertiary/aromatic N) is 1. The van der Waals surface area contributed by atoms with Crippen LogP contribution in [-0.2, 0) is 9.53 Å². The number of nitrogens with one attached hydrogen (secondary N) is 1. The Balaban J connectivity index is 2.82. The van der Waals surface area contributed by atoms with Crippen molar-refractivity contribution in [3.8, 4) is 0 Å². The van der Waals surface area contributed by atoms with Crippen molar-refractivity contribution in [2.75, 3.05) is 11.9 Å². The Morgan fingerprint density at radius 1 is 1.07 bits per heavy atom. The Kier molecular flexibility index (Phi) is 6.38. The van der Waals surface area contributed by atoms with Crippen molar-refractivity contribution in [3.63, 3.8) is 0 Å². The van der Waals surface area contributed by atoms with E-state index in [-0.39, 0.29) is 12.7 Å². The molecule has 0 fully saturated rings. The zero-order valence-corrected chi connectivity index (χ0v) is 15.4. The second-order valence-electron chi connectivity index (χ2n) is 6.02. The average Bonchev–Trinajstić information content (AvgIpc) is 2.65. The fourth-order valence-electron chi connectivity index (χ4n) is 2.60. The summed E-state index contributed by atoms with van der Waals surface area (Å²) in [5.41, 5.74) is -3.62. The van der Waals surface area contributed by atoms with Gasteiger partial charge in [-0.25, -0.2) is 4.79 Å². The van der Waals surface area contributed by atoms with Crippen LogP contribution in [0.25, 0.3) is 10.9 Å². The first-order valence-electron chi connectivity index (χ1n) is 8.37. The van der Waals surface area contributed by atoms with Crippen molar-refractivity contribution < 1.29 is 45.5 Å². The molecule has 2 aromatic rings. The number of halogens is 6. The molecule has 0 aliphatic heterocycles. The van der Waals surface area contributed by atoms with Crippen LogP contribution in [0.2, 0.25) is 0 Å². The molecular weight excluding hydrogens is 422 g/mol. The lowest BCUT2D eigenvalue weighted by molar-refractivity contribution is -0.143. The zero-order valence-electron chi connectivity index (χ0n) is 15.4. The number of pyridine rings is 1. The third-order valence-corrected chi connectivity index (χ3v) is 3.90.